The van der Waals surface area contributed by atoms with E-state index in [2.05, 4.69) is 9.88 Å². The van der Waals surface area contributed by atoms with Gasteiger partial charge in [-0.25, -0.2) is 0 Å². The molecule has 0 amide bonds. The van der Waals surface area contributed by atoms with Gasteiger partial charge >= 0.3 is 0 Å². The summed E-state index contributed by atoms with van der Waals surface area (Å²) in [5.74, 6) is 0.185. The summed E-state index contributed by atoms with van der Waals surface area (Å²) in [6.07, 6.45) is 3.59. The fourth-order valence-electron chi connectivity index (χ4n) is 2.58. The van der Waals surface area contributed by atoms with E-state index in [1.807, 2.05) is 63.4 Å². The zero-order chi connectivity index (χ0) is 15.3. The Morgan fingerprint density at radius 2 is 1.71 bits per heavy atom. The van der Waals surface area contributed by atoms with Crippen molar-refractivity contribution in [2.45, 2.75) is 20.4 Å². The van der Waals surface area contributed by atoms with Crippen LogP contribution in [0.4, 0.5) is 0 Å². The molecule has 0 spiro atoms. The molecule has 0 saturated carbocycles. The molecule has 0 fully saturated rings. The highest BCUT2D eigenvalue weighted by Crippen LogP contribution is 2.23. The number of benzene rings is 1. The van der Waals surface area contributed by atoms with Crippen molar-refractivity contribution >= 4 is 5.78 Å². The van der Waals surface area contributed by atoms with Gasteiger partial charge in [0.05, 0.1) is 0 Å². The molecule has 110 valence electrons. The topological polar surface area (TPSA) is 33.2 Å². The zero-order valence-electron chi connectivity index (χ0n) is 12.9. The van der Waals surface area contributed by atoms with E-state index in [1.165, 1.54) is 5.56 Å². The van der Waals surface area contributed by atoms with Gasteiger partial charge in [-0.3, -0.25) is 9.78 Å². The Morgan fingerprint density at radius 3 is 2.33 bits per heavy atom. The molecule has 0 aliphatic rings. The number of hydrogen-bond acceptors (Lipinski definition) is 3. The highest BCUT2D eigenvalue weighted by Gasteiger charge is 2.29. The Labute approximate surface area is 126 Å². The second-order valence-electron chi connectivity index (χ2n) is 6.11. The van der Waals surface area contributed by atoms with Gasteiger partial charge in [0.1, 0.15) is 0 Å². The molecule has 3 nitrogen and oxygen atoms in total. The summed E-state index contributed by atoms with van der Waals surface area (Å²) < 4.78 is 0. The van der Waals surface area contributed by atoms with Crippen LogP contribution in [0.1, 0.15) is 29.8 Å². The van der Waals surface area contributed by atoms with Gasteiger partial charge in [0.15, 0.2) is 5.78 Å². The number of hydrogen-bond donors (Lipinski definition) is 0. The number of nitrogens with zero attached hydrogens (tertiary/aromatic N) is 2. The van der Waals surface area contributed by atoms with E-state index in [1.54, 1.807) is 12.4 Å². The second kappa shape index (κ2) is 6.64. The molecule has 0 bridgehead atoms. The normalized spacial score (nSPS) is 11.6. The Balaban J connectivity index is 2.01. The molecule has 2 aromatic rings. The van der Waals surface area contributed by atoms with Crippen LogP contribution in [0.15, 0.2) is 54.9 Å². The third-order valence-electron chi connectivity index (χ3n) is 3.52. The molecule has 0 saturated heterocycles. The van der Waals surface area contributed by atoms with E-state index in [0.717, 1.165) is 12.1 Å². The van der Waals surface area contributed by atoms with Crippen molar-refractivity contribution in [1.82, 2.24) is 9.88 Å². The van der Waals surface area contributed by atoms with Crippen LogP contribution >= 0.6 is 0 Å². The molecule has 0 aliphatic carbocycles. The Hall–Kier alpha value is -2.00. The Bertz CT molecular complexity index is 579. The third-order valence-corrected chi connectivity index (χ3v) is 3.52. The maximum Gasteiger partial charge on any atom is 0.169 e. The number of ketones is 1. The fraction of sp³-hybridized carbons (Fsp3) is 0.333. The van der Waals surface area contributed by atoms with E-state index in [9.17, 15) is 4.79 Å². The average molecular weight is 282 g/mol. The van der Waals surface area contributed by atoms with Crippen LogP contribution < -0.4 is 0 Å². The van der Waals surface area contributed by atoms with Crippen LogP contribution in [0.5, 0.6) is 0 Å². The molecule has 1 aromatic carbocycles. The van der Waals surface area contributed by atoms with Crippen LogP contribution in [0.3, 0.4) is 0 Å². The van der Waals surface area contributed by atoms with Crippen molar-refractivity contribution in [3.8, 4) is 0 Å². The van der Waals surface area contributed by atoms with Gasteiger partial charge in [-0.05, 0) is 24.7 Å². The van der Waals surface area contributed by atoms with E-state index in [0.29, 0.717) is 6.54 Å². The monoisotopic (exact) mass is 282 g/mol. The first kappa shape index (κ1) is 15.4. The maximum atomic E-state index is 12.6. The summed E-state index contributed by atoms with van der Waals surface area (Å²) in [4.78, 5) is 18.8. The minimum absolute atomic E-state index is 0.185. The van der Waals surface area contributed by atoms with Crippen molar-refractivity contribution < 1.29 is 4.79 Å². The summed E-state index contributed by atoms with van der Waals surface area (Å²) in [6, 6.07) is 13.5. The molecule has 1 aromatic heterocycles. The number of carbonyl (C=O) groups is 1. The molecule has 0 unspecified atom stereocenters. The summed E-state index contributed by atoms with van der Waals surface area (Å²) in [7, 11) is 2.04. The van der Waals surface area contributed by atoms with Crippen molar-refractivity contribution in [2.75, 3.05) is 13.6 Å². The van der Waals surface area contributed by atoms with E-state index >= 15 is 0 Å². The van der Waals surface area contributed by atoms with Crippen molar-refractivity contribution in [3.63, 3.8) is 0 Å². The van der Waals surface area contributed by atoms with Crippen LogP contribution in [0.2, 0.25) is 0 Å². The highest BCUT2D eigenvalue weighted by atomic mass is 16.1. The number of aromatic nitrogens is 1. The van der Waals surface area contributed by atoms with Gasteiger partial charge in [-0.1, -0.05) is 44.2 Å². The first-order valence-electron chi connectivity index (χ1n) is 7.16. The molecule has 0 N–H and O–H groups in total. The quantitative estimate of drug-likeness (QED) is 0.761. The third kappa shape index (κ3) is 4.23. The molecule has 0 atom stereocenters. The molecule has 3 heteroatoms. The van der Waals surface area contributed by atoms with Crippen molar-refractivity contribution in [1.29, 1.82) is 0 Å². The predicted octanol–water partition coefficient (Wildman–Crippen LogP) is 3.42. The Kier molecular flexibility index (Phi) is 4.86. The lowest BCUT2D eigenvalue weighted by Gasteiger charge is -2.29. The average Bonchev–Trinajstić information content (AvgIpc) is 2.47. The maximum absolute atomic E-state index is 12.6. The fourth-order valence-corrected chi connectivity index (χ4v) is 2.58. The highest BCUT2D eigenvalue weighted by molar-refractivity contribution is 6.00. The van der Waals surface area contributed by atoms with Gasteiger partial charge in [-0.2, -0.15) is 0 Å². The zero-order valence-corrected chi connectivity index (χ0v) is 12.9. The Morgan fingerprint density at radius 1 is 1.10 bits per heavy atom. The minimum Gasteiger partial charge on any atom is -0.301 e. The molecule has 0 aliphatic heterocycles. The summed E-state index contributed by atoms with van der Waals surface area (Å²) in [5, 5.41) is 0. The molecule has 0 radical (unpaired) electrons. The lowest BCUT2D eigenvalue weighted by molar-refractivity contribution is 0.0779. The lowest BCUT2D eigenvalue weighted by atomic mass is 9.83. The van der Waals surface area contributed by atoms with Gasteiger partial charge in [0.2, 0.25) is 0 Å². The van der Waals surface area contributed by atoms with E-state index in [4.69, 9.17) is 0 Å². The van der Waals surface area contributed by atoms with E-state index < -0.39 is 5.41 Å². The molecule has 2 rings (SSSR count). The first-order chi connectivity index (χ1) is 9.99. The minimum atomic E-state index is -0.414. The smallest absolute Gasteiger partial charge is 0.169 e. The van der Waals surface area contributed by atoms with Crippen LogP contribution in [0, 0.1) is 5.41 Å². The van der Waals surface area contributed by atoms with Crippen LogP contribution in [-0.4, -0.2) is 29.3 Å². The predicted molar refractivity (Wildman–Crippen MR) is 85.1 cm³/mol. The van der Waals surface area contributed by atoms with Gasteiger partial charge in [0, 0.05) is 36.5 Å². The molecule has 1 heterocycles. The number of Topliss-reactive ketones (excluding diaryl/α,β-unsaturated/α-hetero) is 1. The van der Waals surface area contributed by atoms with Crippen molar-refractivity contribution in [2.24, 2.45) is 5.41 Å². The van der Waals surface area contributed by atoms with Crippen LogP contribution in [0.25, 0.3) is 0 Å². The largest absolute Gasteiger partial charge is 0.301 e. The summed E-state index contributed by atoms with van der Waals surface area (Å²) in [6.45, 7) is 5.54. The number of rotatable bonds is 6. The summed E-state index contributed by atoms with van der Waals surface area (Å²) in [5.41, 5.74) is 1.57. The number of pyridine rings is 1. The van der Waals surface area contributed by atoms with Gasteiger partial charge in [-0.15, -0.1) is 0 Å². The van der Waals surface area contributed by atoms with Crippen molar-refractivity contribution in [3.05, 3.63) is 66.0 Å². The molecular weight excluding hydrogens is 260 g/mol. The standard InChI is InChI=1S/C18H22N2O/c1-18(2,17(21)16-7-5-4-6-8-16)14-20(3)13-15-9-11-19-12-10-15/h4-12H,13-14H2,1-3H3. The van der Waals surface area contributed by atoms with Crippen LogP contribution in [-0.2, 0) is 6.54 Å². The second-order valence-corrected chi connectivity index (χ2v) is 6.11. The molecule has 21 heavy (non-hydrogen) atoms. The van der Waals surface area contributed by atoms with Gasteiger partial charge in [0.25, 0.3) is 0 Å². The van der Waals surface area contributed by atoms with Gasteiger partial charge < -0.3 is 4.90 Å². The van der Waals surface area contributed by atoms with E-state index in [-0.39, 0.29) is 5.78 Å². The number of carbonyl (C=O) groups excluding carboxylic acids is 1. The molecular formula is C18H22N2O. The lowest BCUT2D eigenvalue weighted by Crippen LogP contribution is -2.37. The first-order valence-corrected chi connectivity index (χ1v) is 7.16. The summed E-state index contributed by atoms with van der Waals surface area (Å²) >= 11 is 0. The SMILES string of the molecule is CN(Cc1ccncc1)CC(C)(C)C(=O)c1ccccc1.